The van der Waals surface area contributed by atoms with E-state index in [-0.39, 0.29) is 5.91 Å². The Morgan fingerprint density at radius 1 is 1.47 bits per heavy atom. The zero-order valence-corrected chi connectivity index (χ0v) is 12.7. The highest BCUT2D eigenvalue weighted by Gasteiger charge is 2.39. The Kier molecular flexibility index (Phi) is 4.63. The fraction of sp³-hybridized carbons (Fsp3) is 0.533. The minimum atomic E-state index is -0.747. The van der Waals surface area contributed by atoms with Crippen LogP contribution in [-0.2, 0) is 11.2 Å². The van der Waals surface area contributed by atoms with Crippen molar-refractivity contribution in [1.82, 2.24) is 5.32 Å². The summed E-state index contributed by atoms with van der Waals surface area (Å²) in [6.07, 6.45) is 3.29. The molecule has 0 radical (unpaired) electrons. The van der Waals surface area contributed by atoms with Crippen LogP contribution in [0.3, 0.4) is 0 Å². The second kappa shape index (κ2) is 6.06. The largest absolute Gasteiger partial charge is 0.388 e. The van der Waals surface area contributed by atoms with Gasteiger partial charge < -0.3 is 10.4 Å². The number of halogens is 1. The third-order valence-corrected chi connectivity index (χ3v) is 4.45. The van der Waals surface area contributed by atoms with Crippen molar-refractivity contribution >= 4 is 21.8 Å². The van der Waals surface area contributed by atoms with E-state index >= 15 is 0 Å². The Balaban J connectivity index is 1.74. The first-order chi connectivity index (χ1) is 8.99. The lowest BCUT2D eigenvalue weighted by atomic mass is 10.0. The number of carbonyl (C=O) groups excluding carboxylic acids is 1. The van der Waals surface area contributed by atoms with Crippen molar-refractivity contribution < 1.29 is 9.90 Å². The van der Waals surface area contributed by atoms with E-state index in [1.54, 1.807) is 6.92 Å². The summed E-state index contributed by atoms with van der Waals surface area (Å²) in [5.41, 5.74) is 0.384. The number of aliphatic hydroxyl groups is 1. The summed E-state index contributed by atoms with van der Waals surface area (Å²) in [6.45, 7) is 2.16. The molecule has 0 spiro atoms. The quantitative estimate of drug-likeness (QED) is 0.844. The van der Waals surface area contributed by atoms with E-state index in [9.17, 15) is 9.90 Å². The number of nitrogens with one attached hydrogen (secondary N) is 1. The van der Waals surface area contributed by atoms with Crippen LogP contribution in [0.4, 0.5) is 0 Å². The van der Waals surface area contributed by atoms with Crippen LogP contribution in [0, 0.1) is 5.92 Å². The molecule has 2 N–H and O–H groups in total. The number of rotatable bonds is 6. The molecule has 0 heterocycles. The molecule has 1 amide bonds. The Morgan fingerprint density at radius 3 is 2.79 bits per heavy atom. The first kappa shape index (κ1) is 14.5. The Morgan fingerprint density at radius 2 is 2.16 bits per heavy atom. The van der Waals surface area contributed by atoms with Gasteiger partial charge >= 0.3 is 0 Å². The predicted octanol–water partition coefficient (Wildman–Crippen LogP) is 2.66. The predicted molar refractivity (Wildman–Crippen MR) is 78.8 cm³/mol. The maximum absolute atomic E-state index is 11.8. The number of amides is 1. The van der Waals surface area contributed by atoms with E-state index in [4.69, 9.17) is 0 Å². The van der Waals surface area contributed by atoms with Crippen molar-refractivity contribution in [3.05, 3.63) is 34.3 Å². The summed E-state index contributed by atoms with van der Waals surface area (Å²) in [5, 5.41) is 12.9. The second-order valence-corrected chi connectivity index (χ2v) is 6.35. The van der Waals surface area contributed by atoms with Crippen LogP contribution in [0.5, 0.6) is 0 Å². The fourth-order valence-electron chi connectivity index (χ4n) is 2.16. The smallest absolute Gasteiger partial charge is 0.220 e. The second-order valence-electron chi connectivity index (χ2n) is 5.50. The monoisotopic (exact) mass is 325 g/mol. The number of carbonyl (C=O) groups is 1. The molecule has 2 rings (SSSR count). The maximum atomic E-state index is 11.8. The number of aryl methyl sites for hydroxylation is 1. The van der Waals surface area contributed by atoms with Crippen LogP contribution in [0.15, 0.2) is 28.7 Å². The highest BCUT2D eigenvalue weighted by atomic mass is 79.9. The van der Waals surface area contributed by atoms with E-state index in [0.29, 0.717) is 25.3 Å². The maximum Gasteiger partial charge on any atom is 0.220 e. The summed E-state index contributed by atoms with van der Waals surface area (Å²) in [6, 6.07) is 7.92. The van der Waals surface area contributed by atoms with Gasteiger partial charge in [0, 0.05) is 17.4 Å². The van der Waals surface area contributed by atoms with Crippen molar-refractivity contribution in [2.75, 3.05) is 6.54 Å². The summed E-state index contributed by atoms with van der Waals surface area (Å²) in [7, 11) is 0. The SMILES string of the molecule is C[C@@](O)(CNC(=O)CCc1ccccc1Br)C1CC1. The van der Waals surface area contributed by atoms with Gasteiger partial charge in [-0.25, -0.2) is 0 Å². The molecule has 4 heteroatoms. The molecular formula is C15H20BrNO2. The molecule has 1 saturated carbocycles. The molecule has 1 atom stereocenters. The molecule has 1 aromatic carbocycles. The molecule has 104 valence electrons. The lowest BCUT2D eigenvalue weighted by Crippen LogP contribution is -2.42. The van der Waals surface area contributed by atoms with Crippen LogP contribution in [-0.4, -0.2) is 23.2 Å². The number of hydrogen-bond acceptors (Lipinski definition) is 2. The first-order valence-electron chi connectivity index (χ1n) is 6.71. The summed E-state index contributed by atoms with van der Waals surface area (Å²) in [4.78, 5) is 11.8. The topological polar surface area (TPSA) is 49.3 Å². The van der Waals surface area contributed by atoms with Gasteiger partial charge in [0.2, 0.25) is 5.91 Å². The Bertz CT molecular complexity index is 455. The molecule has 1 fully saturated rings. The zero-order valence-electron chi connectivity index (χ0n) is 11.2. The van der Waals surface area contributed by atoms with Crippen LogP contribution in [0.25, 0.3) is 0 Å². The molecule has 0 bridgehead atoms. The van der Waals surface area contributed by atoms with E-state index in [1.807, 2.05) is 24.3 Å². The molecule has 1 aromatic rings. The standard InChI is InChI=1S/C15H20BrNO2/c1-15(19,12-7-8-12)10-17-14(18)9-6-11-4-2-3-5-13(11)16/h2-5,12,19H,6-10H2,1H3,(H,17,18)/t15-/m1/s1. The van der Waals surface area contributed by atoms with Gasteiger partial charge in [-0.1, -0.05) is 34.1 Å². The van der Waals surface area contributed by atoms with Crippen molar-refractivity contribution in [3.63, 3.8) is 0 Å². The van der Waals surface area contributed by atoms with Crippen LogP contribution in [0.1, 0.15) is 31.7 Å². The van der Waals surface area contributed by atoms with Gasteiger partial charge in [0.05, 0.1) is 5.60 Å². The average molecular weight is 326 g/mol. The van der Waals surface area contributed by atoms with Crippen LogP contribution >= 0.6 is 15.9 Å². The van der Waals surface area contributed by atoms with Gasteiger partial charge in [-0.15, -0.1) is 0 Å². The summed E-state index contributed by atoms with van der Waals surface area (Å²) in [5.74, 6) is 0.354. The van der Waals surface area contributed by atoms with Gasteiger partial charge in [0.15, 0.2) is 0 Å². The summed E-state index contributed by atoms with van der Waals surface area (Å²) >= 11 is 3.47. The zero-order chi connectivity index (χ0) is 13.9. The molecule has 0 unspecified atom stereocenters. The molecule has 0 saturated heterocycles. The minimum Gasteiger partial charge on any atom is -0.388 e. The Labute approximate surface area is 122 Å². The minimum absolute atomic E-state index is 0.00308. The fourth-order valence-corrected chi connectivity index (χ4v) is 2.65. The first-order valence-corrected chi connectivity index (χ1v) is 7.51. The number of benzene rings is 1. The molecular weight excluding hydrogens is 306 g/mol. The average Bonchev–Trinajstić information content (AvgIpc) is 3.20. The molecule has 1 aliphatic rings. The highest BCUT2D eigenvalue weighted by Crippen LogP contribution is 2.38. The lowest BCUT2D eigenvalue weighted by molar-refractivity contribution is -0.122. The summed E-state index contributed by atoms with van der Waals surface area (Å²) < 4.78 is 1.03. The van der Waals surface area contributed by atoms with Crippen molar-refractivity contribution in [2.24, 2.45) is 5.92 Å². The van der Waals surface area contributed by atoms with Gasteiger partial charge in [-0.3, -0.25) is 4.79 Å². The lowest BCUT2D eigenvalue weighted by Gasteiger charge is -2.23. The third-order valence-electron chi connectivity index (χ3n) is 3.68. The van der Waals surface area contributed by atoms with Crippen LogP contribution < -0.4 is 5.32 Å². The van der Waals surface area contributed by atoms with E-state index in [2.05, 4.69) is 21.2 Å². The van der Waals surface area contributed by atoms with Gasteiger partial charge in [0.1, 0.15) is 0 Å². The molecule has 0 aromatic heterocycles. The van der Waals surface area contributed by atoms with E-state index < -0.39 is 5.60 Å². The normalized spacial score (nSPS) is 17.8. The number of hydrogen-bond donors (Lipinski definition) is 2. The van der Waals surface area contributed by atoms with Gasteiger partial charge in [-0.05, 0) is 43.7 Å². The van der Waals surface area contributed by atoms with Gasteiger partial charge in [-0.2, -0.15) is 0 Å². The highest BCUT2D eigenvalue weighted by molar-refractivity contribution is 9.10. The van der Waals surface area contributed by atoms with E-state index in [0.717, 1.165) is 22.9 Å². The van der Waals surface area contributed by atoms with Gasteiger partial charge in [0.25, 0.3) is 0 Å². The third kappa shape index (κ3) is 4.32. The van der Waals surface area contributed by atoms with Crippen LogP contribution in [0.2, 0.25) is 0 Å². The molecule has 19 heavy (non-hydrogen) atoms. The van der Waals surface area contributed by atoms with Crippen molar-refractivity contribution in [3.8, 4) is 0 Å². The van der Waals surface area contributed by atoms with Crippen molar-refractivity contribution in [2.45, 2.75) is 38.2 Å². The molecule has 3 nitrogen and oxygen atoms in total. The molecule has 1 aliphatic carbocycles. The molecule has 0 aliphatic heterocycles. The Hall–Kier alpha value is -0.870. The van der Waals surface area contributed by atoms with Crippen molar-refractivity contribution in [1.29, 1.82) is 0 Å². The van der Waals surface area contributed by atoms with E-state index in [1.165, 1.54) is 0 Å².